The van der Waals surface area contributed by atoms with Crippen molar-refractivity contribution in [2.75, 3.05) is 18.2 Å². The van der Waals surface area contributed by atoms with E-state index in [0.29, 0.717) is 27.9 Å². The lowest BCUT2D eigenvalue weighted by atomic mass is 9.72. The van der Waals surface area contributed by atoms with Crippen molar-refractivity contribution in [1.29, 1.82) is 0 Å². The van der Waals surface area contributed by atoms with Gasteiger partial charge in [0.2, 0.25) is 0 Å². The Morgan fingerprint density at radius 1 is 1.32 bits per heavy atom. The number of ether oxygens (including phenoxy) is 1. The molecule has 5 heteroatoms. The van der Waals surface area contributed by atoms with E-state index < -0.39 is 0 Å². The number of hydrogen-bond acceptors (Lipinski definition) is 4. The van der Waals surface area contributed by atoms with Crippen molar-refractivity contribution in [3.63, 3.8) is 0 Å². The molecule has 2 aromatic rings. The van der Waals surface area contributed by atoms with Gasteiger partial charge in [0, 0.05) is 4.88 Å². The molecule has 1 atom stereocenters. The number of carbonyl (C=O) groups excluding carboxylic acids is 1. The summed E-state index contributed by atoms with van der Waals surface area (Å²) in [5.74, 6) is 1.13. The van der Waals surface area contributed by atoms with Crippen LogP contribution < -0.4 is 15.8 Å². The molecule has 3 N–H and O–H groups in total. The first kappa shape index (κ1) is 17.8. The monoisotopic (exact) mass is 358 g/mol. The second-order valence-corrected chi connectivity index (χ2v) is 8.84. The summed E-state index contributed by atoms with van der Waals surface area (Å²) in [6.45, 7) is 6.86. The summed E-state index contributed by atoms with van der Waals surface area (Å²) in [6.07, 6.45) is 3.02. The molecule has 0 unspecified atom stereocenters. The van der Waals surface area contributed by atoms with Crippen LogP contribution in [0.3, 0.4) is 0 Å². The predicted octanol–water partition coefficient (Wildman–Crippen LogP) is 4.74. The minimum absolute atomic E-state index is 0.145. The Hall–Kier alpha value is -2.01. The highest BCUT2D eigenvalue weighted by molar-refractivity contribution is 7.16. The van der Waals surface area contributed by atoms with Crippen LogP contribution in [0.5, 0.6) is 5.75 Å². The van der Waals surface area contributed by atoms with Gasteiger partial charge < -0.3 is 15.8 Å². The lowest BCUT2D eigenvalue weighted by molar-refractivity contribution is 0.102. The van der Waals surface area contributed by atoms with E-state index in [9.17, 15) is 4.79 Å². The lowest BCUT2D eigenvalue weighted by Gasteiger charge is -2.33. The van der Waals surface area contributed by atoms with Crippen LogP contribution >= 0.6 is 11.3 Å². The quantitative estimate of drug-likeness (QED) is 0.833. The highest BCUT2D eigenvalue weighted by atomic mass is 32.1. The summed E-state index contributed by atoms with van der Waals surface area (Å²) in [7, 11) is 1.60. The number of methoxy groups -OCH3 is 1. The van der Waals surface area contributed by atoms with Gasteiger partial charge in [-0.05, 0) is 48.3 Å². The molecule has 1 heterocycles. The van der Waals surface area contributed by atoms with E-state index in [-0.39, 0.29) is 11.3 Å². The van der Waals surface area contributed by atoms with Crippen LogP contribution in [0, 0.1) is 11.3 Å². The third-order valence-electron chi connectivity index (χ3n) is 5.10. The fourth-order valence-corrected chi connectivity index (χ4v) is 4.72. The number of amides is 1. The summed E-state index contributed by atoms with van der Waals surface area (Å²) in [4.78, 5) is 14.1. The van der Waals surface area contributed by atoms with E-state index in [0.717, 1.165) is 24.8 Å². The summed E-state index contributed by atoms with van der Waals surface area (Å²) < 4.78 is 5.31. The van der Waals surface area contributed by atoms with Gasteiger partial charge in [-0.1, -0.05) is 32.9 Å². The van der Waals surface area contributed by atoms with E-state index in [1.54, 1.807) is 18.4 Å². The van der Waals surface area contributed by atoms with Crippen LogP contribution in [0.15, 0.2) is 24.3 Å². The average Bonchev–Trinajstić information content (AvgIpc) is 2.89. The Kier molecular flexibility index (Phi) is 4.78. The van der Waals surface area contributed by atoms with E-state index in [4.69, 9.17) is 10.5 Å². The molecule has 1 aliphatic carbocycles. The molecule has 1 aliphatic rings. The number of nitrogen functional groups attached to an aromatic ring is 1. The number of hydrogen-bond donors (Lipinski definition) is 2. The summed E-state index contributed by atoms with van der Waals surface area (Å²) >= 11 is 1.57. The summed E-state index contributed by atoms with van der Waals surface area (Å²) in [5.41, 5.74) is 8.95. The summed E-state index contributed by atoms with van der Waals surface area (Å²) in [5, 5.41) is 3.58. The van der Waals surface area contributed by atoms with Gasteiger partial charge in [-0.15, -0.1) is 11.3 Å². The average molecular weight is 359 g/mol. The molecule has 0 saturated carbocycles. The van der Waals surface area contributed by atoms with Gasteiger partial charge >= 0.3 is 0 Å². The van der Waals surface area contributed by atoms with Crippen molar-refractivity contribution in [2.24, 2.45) is 11.3 Å². The minimum atomic E-state index is -0.145. The van der Waals surface area contributed by atoms with Crippen molar-refractivity contribution in [3.8, 4) is 5.75 Å². The highest BCUT2D eigenvalue weighted by Gasteiger charge is 2.33. The van der Waals surface area contributed by atoms with E-state index in [1.165, 1.54) is 4.88 Å². The van der Waals surface area contributed by atoms with Crippen LogP contribution in [-0.4, -0.2) is 13.0 Å². The van der Waals surface area contributed by atoms with Gasteiger partial charge in [-0.2, -0.15) is 0 Å². The number of benzene rings is 1. The van der Waals surface area contributed by atoms with Crippen LogP contribution in [0.2, 0.25) is 0 Å². The van der Waals surface area contributed by atoms with Crippen LogP contribution in [0.25, 0.3) is 0 Å². The first-order valence-corrected chi connectivity index (χ1v) is 9.47. The van der Waals surface area contributed by atoms with E-state index >= 15 is 0 Å². The second kappa shape index (κ2) is 6.71. The number of rotatable bonds is 3. The standard InChI is InChI=1S/C20H26N2O2S/c1-20(2,3)12-9-10-13-16(11-12)25-18(21)17(13)19(23)22-14-7-5-6-8-15(14)24-4/h5-8,12H,9-11,21H2,1-4H3,(H,22,23)/t12-/m0/s1. The second-order valence-electron chi connectivity index (χ2n) is 7.70. The Labute approximate surface area is 153 Å². The molecule has 0 fully saturated rings. The van der Waals surface area contributed by atoms with Crippen molar-refractivity contribution in [3.05, 3.63) is 40.3 Å². The number of anilines is 2. The van der Waals surface area contributed by atoms with Gasteiger partial charge in [0.25, 0.3) is 5.91 Å². The molecule has 0 radical (unpaired) electrons. The maximum absolute atomic E-state index is 12.9. The van der Waals surface area contributed by atoms with E-state index in [1.807, 2.05) is 24.3 Å². The Morgan fingerprint density at radius 2 is 2.04 bits per heavy atom. The Bertz CT molecular complexity index is 789. The van der Waals surface area contributed by atoms with Crippen molar-refractivity contribution >= 4 is 27.9 Å². The molecule has 4 nitrogen and oxygen atoms in total. The number of fused-ring (bicyclic) bond motifs is 1. The van der Waals surface area contributed by atoms with E-state index in [2.05, 4.69) is 26.1 Å². The van der Waals surface area contributed by atoms with Crippen LogP contribution in [0.4, 0.5) is 10.7 Å². The van der Waals surface area contributed by atoms with Gasteiger partial charge in [-0.25, -0.2) is 0 Å². The molecule has 1 aromatic heterocycles. The largest absolute Gasteiger partial charge is 0.495 e. The van der Waals surface area contributed by atoms with Gasteiger partial charge in [0.1, 0.15) is 5.75 Å². The minimum Gasteiger partial charge on any atom is -0.495 e. The molecule has 3 rings (SSSR count). The van der Waals surface area contributed by atoms with Gasteiger partial charge in [0.05, 0.1) is 23.4 Å². The third kappa shape index (κ3) is 3.52. The lowest BCUT2D eigenvalue weighted by Crippen LogP contribution is -2.27. The highest BCUT2D eigenvalue weighted by Crippen LogP contribution is 2.43. The molecular formula is C20H26N2O2S. The van der Waals surface area contributed by atoms with Gasteiger partial charge in [0.15, 0.2) is 0 Å². The zero-order valence-electron chi connectivity index (χ0n) is 15.3. The predicted molar refractivity (Wildman–Crippen MR) is 105 cm³/mol. The smallest absolute Gasteiger partial charge is 0.259 e. The zero-order chi connectivity index (χ0) is 18.2. The molecule has 25 heavy (non-hydrogen) atoms. The molecule has 1 amide bonds. The summed E-state index contributed by atoms with van der Waals surface area (Å²) in [6, 6.07) is 7.41. The van der Waals surface area contributed by atoms with Crippen molar-refractivity contribution in [1.82, 2.24) is 0 Å². The molecule has 0 saturated heterocycles. The molecule has 134 valence electrons. The van der Waals surface area contributed by atoms with Crippen molar-refractivity contribution in [2.45, 2.75) is 40.0 Å². The Morgan fingerprint density at radius 3 is 2.72 bits per heavy atom. The number of para-hydroxylation sites is 2. The maximum atomic E-state index is 12.9. The zero-order valence-corrected chi connectivity index (χ0v) is 16.1. The molecule has 0 aliphatic heterocycles. The molecule has 1 aromatic carbocycles. The first-order chi connectivity index (χ1) is 11.8. The third-order valence-corrected chi connectivity index (χ3v) is 6.18. The Balaban J connectivity index is 1.87. The molecule has 0 spiro atoms. The molecule has 0 bridgehead atoms. The number of thiophene rings is 1. The fourth-order valence-electron chi connectivity index (χ4n) is 3.53. The van der Waals surface area contributed by atoms with Crippen LogP contribution in [-0.2, 0) is 12.8 Å². The molecular weight excluding hydrogens is 332 g/mol. The van der Waals surface area contributed by atoms with Crippen LogP contribution in [0.1, 0.15) is 48.0 Å². The van der Waals surface area contributed by atoms with Gasteiger partial charge in [-0.3, -0.25) is 4.79 Å². The number of carbonyl (C=O) groups is 1. The first-order valence-electron chi connectivity index (χ1n) is 8.65. The topological polar surface area (TPSA) is 64.3 Å². The SMILES string of the molecule is COc1ccccc1NC(=O)c1c(N)sc2c1CC[C@H](C(C)(C)C)C2. The number of nitrogens with two attached hydrogens (primary N) is 1. The number of nitrogens with one attached hydrogen (secondary N) is 1. The maximum Gasteiger partial charge on any atom is 0.259 e. The fraction of sp³-hybridized carbons (Fsp3) is 0.450. The van der Waals surface area contributed by atoms with Crippen molar-refractivity contribution < 1.29 is 9.53 Å². The normalized spacial score (nSPS) is 17.0.